The largest absolute Gasteiger partial charge is 0.376 e. The molecule has 4 rings (SSSR count). The highest BCUT2D eigenvalue weighted by Crippen LogP contribution is 2.42. The van der Waals surface area contributed by atoms with E-state index in [2.05, 4.69) is 27.7 Å². The second-order valence-corrected chi connectivity index (χ2v) is 8.31. The van der Waals surface area contributed by atoms with Crippen LogP contribution in [-0.2, 0) is 16.1 Å². The van der Waals surface area contributed by atoms with Gasteiger partial charge in [0.2, 0.25) is 11.8 Å². The van der Waals surface area contributed by atoms with Crippen molar-refractivity contribution in [1.29, 1.82) is 0 Å². The van der Waals surface area contributed by atoms with Crippen LogP contribution in [0, 0.1) is 17.8 Å². The molecule has 3 fully saturated rings. The first-order chi connectivity index (χ1) is 11.5. The molecule has 3 aliphatic rings. The molecule has 0 spiro atoms. The number of halogens is 2. The number of nitrogens with zero attached hydrogens (tertiary/aromatic N) is 1. The number of amides is 1. The maximum atomic E-state index is 12.9. The predicted molar refractivity (Wildman–Crippen MR) is 87.0 cm³/mol. The summed E-state index contributed by atoms with van der Waals surface area (Å²) in [6.45, 7) is 4.05. The van der Waals surface area contributed by atoms with Gasteiger partial charge in [0, 0.05) is 61.7 Å². The van der Waals surface area contributed by atoms with Crippen molar-refractivity contribution in [3.05, 3.63) is 22.4 Å². The van der Waals surface area contributed by atoms with Gasteiger partial charge in [-0.1, -0.05) is 6.07 Å². The number of fused-ring (bicyclic) bond motifs is 1. The summed E-state index contributed by atoms with van der Waals surface area (Å²) >= 11 is 1.76. The van der Waals surface area contributed by atoms with Gasteiger partial charge in [-0.3, -0.25) is 9.69 Å². The number of likely N-dealkylation sites (tertiary alicyclic amines) is 1. The Bertz CT molecular complexity index is 587. The Balaban J connectivity index is 1.25. The summed E-state index contributed by atoms with van der Waals surface area (Å²) in [5, 5.41) is 4.96. The van der Waals surface area contributed by atoms with Crippen molar-refractivity contribution in [2.24, 2.45) is 17.8 Å². The molecule has 1 aromatic heterocycles. The summed E-state index contributed by atoms with van der Waals surface area (Å²) in [5.41, 5.74) is 0. The summed E-state index contributed by atoms with van der Waals surface area (Å²) in [4.78, 5) is 15.7. The minimum atomic E-state index is -2.64. The van der Waals surface area contributed by atoms with Gasteiger partial charge in [-0.05, 0) is 11.4 Å². The lowest BCUT2D eigenvalue weighted by molar-refractivity contribution is -0.150. The number of ether oxygens (including phenoxy) is 1. The van der Waals surface area contributed by atoms with Gasteiger partial charge in [0.1, 0.15) is 0 Å². The standard InChI is InChI=1S/C17H22F2N2O2S/c18-17(19)4-11(5-17)16(22)20-6-12-10-23-15-9-21(8-14(12)15)7-13-2-1-3-24-13/h1-3,11-12,14-15H,4-10H2,(H,20,22)/t12-,14+,15+/m1/s1. The van der Waals surface area contributed by atoms with Crippen LogP contribution in [0.4, 0.5) is 8.78 Å². The van der Waals surface area contributed by atoms with Crippen LogP contribution >= 0.6 is 11.3 Å². The van der Waals surface area contributed by atoms with Gasteiger partial charge >= 0.3 is 0 Å². The van der Waals surface area contributed by atoms with Crippen LogP contribution in [0.5, 0.6) is 0 Å². The third-order valence-electron chi connectivity index (χ3n) is 5.47. The van der Waals surface area contributed by atoms with E-state index in [4.69, 9.17) is 4.74 Å². The van der Waals surface area contributed by atoms with Gasteiger partial charge in [0.05, 0.1) is 12.7 Å². The zero-order chi connectivity index (χ0) is 16.7. The summed E-state index contributed by atoms with van der Waals surface area (Å²) in [5.74, 6) is -2.67. The molecule has 7 heteroatoms. The van der Waals surface area contributed by atoms with E-state index in [1.54, 1.807) is 11.3 Å². The summed E-state index contributed by atoms with van der Waals surface area (Å²) in [7, 11) is 0. The molecule has 1 N–H and O–H groups in total. The van der Waals surface area contributed by atoms with Crippen molar-refractivity contribution < 1.29 is 18.3 Å². The van der Waals surface area contributed by atoms with Crippen molar-refractivity contribution in [1.82, 2.24) is 10.2 Å². The molecule has 1 aromatic rings. The number of alkyl halides is 2. The monoisotopic (exact) mass is 356 g/mol. The Morgan fingerprint density at radius 2 is 2.25 bits per heavy atom. The lowest BCUT2D eigenvalue weighted by atomic mass is 9.80. The molecule has 1 saturated carbocycles. The molecular weight excluding hydrogens is 334 g/mol. The maximum Gasteiger partial charge on any atom is 0.249 e. The third kappa shape index (κ3) is 3.34. The van der Waals surface area contributed by atoms with Crippen LogP contribution < -0.4 is 5.32 Å². The third-order valence-corrected chi connectivity index (χ3v) is 6.33. The van der Waals surface area contributed by atoms with E-state index in [-0.39, 0.29) is 30.8 Å². The van der Waals surface area contributed by atoms with E-state index in [0.29, 0.717) is 19.1 Å². The molecule has 132 valence electrons. The second-order valence-electron chi connectivity index (χ2n) is 7.28. The van der Waals surface area contributed by atoms with Crippen molar-refractivity contribution in [2.75, 3.05) is 26.2 Å². The molecule has 0 radical (unpaired) electrons. The fourth-order valence-corrected chi connectivity index (χ4v) is 4.81. The summed E-state index contributed by atoms with van der Waals surface area (Å²) < 4.78 is 31.6. The smallest absolute Gasteiger partial charge is 0.249 e. The molecule has 0 bridgehead atoms. The highest BCUT2D eigenvalue weighted by Gasteiger charge is 2.49. The molecule has 2 saturated heterocycles. The number of rotatable bonds is 5. The Morgan fingerprint density at radius 3 is 2.96 bits per heavy atom. The average molecular weight is 356 g/mol. The molecule has 1 aliphatic carbocycles. The zero-order valence-electron chi connectivity index (χ0n) is 13.4. The molecule has 24 heavy (non-hydrogen) atoms. The van der Waals surface area contributed by atoms with Crippen molar-refractivity contribution >= 4 is 17.2 Å². The van der Waals surface area contributed by atoms with Crippen molar-refractivity contribution in [3.63, 3.8) is 0 Å². The Labute approximate surface area is 144 Å². The first-order valence-electron chi connectivity index (χ1n) is 8.52. The fourth-order valence-electron chi connectivity index (χ4n) is 4.06. The number of hydrogen-bond donors (Lipinski definition) is 1. The Kier molecular flexibility index (Phi) is 4.34. The number of nitrogens with one attached hydrogen (secondary N) is 1. The molecule has 3 atom stereocenters. The molecular formula is C17H22F2N2O2S. The lowest BCUT2D eigenvalue weighted by Crippen LogP contribution is -2.46. The molecule has 0 unspecified atom stereocenters. The van der Waals surface area contributed by atoms with Crippen LogP contribution in [-0.4, -0.2) is 49.1 Å². The highest BCUT2D eigenvalue weighted by molar-refractivity contribution is 7.09. The summed E-state index contributed by atoms with van der Waals surface area (Å²) in [6, 6.07) is 4.21. The maximum absolute atomic E-state index is 12.9. The van der Waals surface area contributed by atoms with Gasteiger partial charge < -0.3 is 10.1 Å². The zero-order valence-corrected chi connectivity index (χ0v) is 14.2. The second kappa shape index (κ2) is 6.35. The normalized spacial score (nSPS) is 32.5. The number of carbonyl (C=O) groups excluding carboxylic acids is 1. The van der Waals surface area contributed by atoms with Gasteiger partial charge in [-0.15, -0.1) is 11.3 Å². The number of carbonyl (C=O) groups is 1. The van der Waals surface area contributed by atoms with E-state index < -0.39 is 11.8 Å². The van der Waals surface area contributed by atoms with Crippen molar-refractivity contribution in [2.45, 2.75) is 31.4 Å². The van der Waals surface area contributed by atoms with E-state index >= 15 is 0 Å². The fraction of sp³-hybridized carbons (Fsp3) is 0.706. The van der Waals surface area contributed by atoms with Gasteiger partial charge in [0.15, 0.2) is 0 Å². The topological polar surface area (TPSA) is 41.6 Å². The van der Waals surface area contributed by atoms with E-state index in [1.165, 1.54) is 4.88 Å². The quantitative estimate of drug-likeness (QED) is 0.881. The molecule has 0 aromatic carbocycles. The Hall–Kier alpha value is -1.05. The average Bonchev–Trinajstić information content (AvgIpc) is 3.20. The van der Waals surface area contributed by atoms with Gasteiger partial charge in [-0.25, -0.2) is 8.78 Å². The molecule has 2 aliphatic heterocycles. The van der Waals surface area contributed by atoms with E-state index in [9.17, 15) is 13.6 Å². The molecule has 1 amide bonds. The Morgan fingerprint density at radius 1 is 1.42 bits per heavy atom. The number of hydrogen-bond acceptors (Lipinski definition) is 4. The van der Waals surface area contributed by atoms with E-state index in [0.717, 1.165) is 19.6 Å². The summed E-state index contributed by atoms with van der Waals surface area (Å²) in [6.07, 6.45) is -0.374. The lowest BCUT2D eigenvalue weighted by Gasteiger charge is -2.34. The first kappa shape index (κ1) is 16.4. The minimum Gasteiger partial charge on any atom is -0.376 e. The van der Waals surface area contributed by atoms with Crippen molar-refractivity contribution in [3.8, 4) is 0 Å². The van der Waals surface area contributed by atoms with Crippen LogP contribution in [0.25, 0.3) is 0 Å². The minimum absolute atomic E-state index is 0.224. The highest BCUT2D eigenvalue weighted by atomic mass is 32.1. The molecule has 3 heterocycles. The number of thiophene rings is 1. The van der Waals surface area contributed by atoms with Crippen LogP contribution in [0.1, 0.15) is 17.7 Å². The first-order valence-corrected chi connectivity index (χ1v) is 9.40. The van der Waals surface area contributed by atoms with E-state index in [1.807, 2.05) is 0 Å². The SMILES string of the molecule is O=C(NC[C@@H]1CO[C@H]2CN(Cc3cccs3)C[C@@H]12)C1CC(F)(F)C1. The van der Waals surface area contributed by atoms with Crippen LogP contribution in [0.3, 0.4) is 0 Å². The molecule has 4 nitrogen and oxygen atoms in total. The van der Waals surface area contributed by atoms with Crippen LogP contribution in [0.2, 0.25) is 0 Å². The van der Waals surface area contributed by atoms with Crippen LogP contribution in [0.15, 0.2) is 17.5 Å². The van der Waals surface area contributed by atoms with Gasteiger partial charge in [-0.2, -0.15) is 0 Å². The van der Waals surface area contributed by atoms with Gasteiger partial charge in [0.25, 0.3) is 0 Å². The predicted octanol–water partition coefficient (Wildman–Crippen LogP) is 2.36.